The van der Waals surface area contributed by atoms with E-state index in [0.717, 1.165) is 15.6 Å². The number of amides is 1. The molecule has 3 aromatic rings. The molecule has 0 bridgehead atoms. The molecule has 0 saturated carbocycles. The number of benzene rings is 3. The lowest BCUT2D eigenvalue weighted by molar-refractivity contribution is 0.0942. The Kier molecular flexibility index (Phi) is 6.77. The van der Waals surface area contributed by atoms with E-state index in [9.17, 15) is 4.79 Å². The van der Waals surface area contributed by atoms with Crippen LogP contribution in [0.2, 0.25) is 0 Å². The van der Waals surface area contributed by atoms with Crippen LogP contribution in [0.1, 0.15) is 27.5 Å². The predicted octanol–water partition coefficient (Wildman–Crippen LogP) is 4.99. The van der Waals surface area contributed by atoms with Gasteiger partial charge in [-0.1, -0.05) is 64.5 Å². The molecule has 0 fully saturated rings. The second-order valence-electron chi connectivity index (χ2n) is 6.25. The summed E-state index contributed by atoms with van der Waals surface area (Å²) < 4.78 is 17.0. The van der Waals surface area contributed by atoms with Gasteiger partial charge in [0, 0.05) is 10.0 Å². The summed E-state index contributed by atoms with van der Waals surface area (Å²) in [5.41, 5.74) is 2.34. The number of carbonyl (C=O) groups excluding carboxylic acids is 1. The summed E-state index contributed by atoms with van der Waals surface area (Å²) in [6.07, 6.45) is 0. The van der Waals surface area contributed by atoms with Crippen molar-refractivity contribution in [3.8, 4) is 17.2 Å². The summed E-state index contributed by atoms with van der Waals surface area (Å²) in [7, 11) is 4.57. The van der Waals surface area contributed by atoms with Crippen LogP contribution in [0.5, 0.6) is 17.2 Å². The number of methoxy groups -OCH3 is 3. The van der Waals surface area contributed by atoms with Crippen LogP contribution < -0.4 is 19.5 Å². The van der Waals surface area contributed by atoms with Gasteiger partial charge < -0.3 is 19.5 Å². The van der Waals surface area contributed by atoms with Crippen molar-refractivity contribution >= 4 is 21.8 Å². The first-order chi connectivity index (χ1) is 14.1. The molecule has 1 atom stereocenters. The molecule has 0 aliphatic heterocycles. The molecule has 1 N–H and O–H groups in total. The largest absolute Gasteiger partial charge is 0.493 e. The summed E-state index contributed by atoms with van der Waals surface area (Å²) >= 11 is 3.60. The van der Waals surface area contributed by atoms with E-state index in [-0.39, 0.29) is 11.9 Å². The van der Waals surface area contributed by atoms with Gasteiger partial charge in [0.05, 0.1) is 27.4 Å². The molecule has 0 spiro atoms. The fourth-order valence-corrected chi connectivity index (χ4v) is 3.64. The first kappa shape index (κ1) is 20.7. The minimum absolute atomic E-state index is 0.256. The highest BCUT2D eigenvalue weighted by Crippen LogP contribution is 2.38. The third-order valence-corrected chi connectivity index (χ3v) is 5.27. The first-order valence-corrected chi connectivity index (χ1v) is 9.78. The van der Waals surface area contributed by atoms with E-state index in [0.29, 0.717) is 22.8 Å². The molecule has 29 heavy (non-hydrogen) atoms. The van der Waals surface area contributed by atoms with Gasteiger partial charge in [0.1, 0.15) is 0 Å². The molecule has 0 aliphatic rings. The highest BCUT2D eigenvalue weighted by Gasteiger charge is 2.22. The van der Waals surface area contributed by atoms with Gasteiger partial charge in [-0.3, -0.25) is 4.79 Å². The van der Waals surface area contributed by atoms with Crippen molar-refractivity contribution in [2.75, 3.05) is 21.3 Å². The second kappa shape index (κ2) is 9.47. The highest BCUT2D eigenvalue weighted by atomic mass is 79.9. The van der Waals surface area contributed by atoms with Crippen LogP contribution in [-0.2, 0) is 0 Å². The van der Waals surface area contributed by atoms with Gasteiger partial charge in [-0.05, 0) is 29.3 Å². The monoisotopic (exact) mass is 455 g/mol. The summed E-state index contributed by atoms with van der Waals surface area (Å²) in [6.45, 7) is 0. The number of halogens is 1. The maximum Gasteiger partial charge on any atom is 0.252 e. The van der Waals surface area contributed by atoms with E-state index in [4.69, 9.17) is 14.2 Å². The SMILES string of the molecule is COc1cc(C(=O)NC(c2ccccc2)c2ccccc2Br)cc(OC)c1OC. The number of carbonyl (C=O) groups is 1. The summed E-state index contributed by atoms with van der Waals surface area (Å²) in [5, 5.41) is 3.13. The van der Waals surface area contributed by atoms with Crippen molar-refractivity contribution in [2.45, 2.75) is 6.04 Å². The molecule has 0 radical (unpaired) electrons. The van der Waals surface area contributed by atoms with Crippen molar-refractivity contribution < 1.29 is 19.0 Å². The van der Waals surface area contributed by atoms with Gasteiger partial charge in [0.2, 0.25) is 5.75 Å². The van der Waals surface area contributed by atoms with Crippen molar-refractivity contribution in [3.63, 3.8) is 0 Å². The minimum Gasteiger partial charge on any atom is -0.493 e. The molecule has 1 unspecified atom stereocenters. The Morgan fingerprint density at radius 3 is 2.00 bits per heavy atom. The van der Waals surface area contributed by atoms with Crippen molar-refractivity contribution in [1.82, 2.24) is 5.32 Å². The number of ether oxygens (including phenoxy) is 3. The average molecular weight is 456 g/mol. The van der Waals surface area contributed by atoms with E-state index < -0.39 is 0 Å². The van der Waals surface area contributed by atoms with Crippen molar-refractivity contribution in [1.29, 1.82) is 0 Å². The van der Waals surface area contributed by atoms with Gasteiger partial charge in [0.15, 0.2) is 11.5 Å². The molecule has 0 aromatic heterocycles. The summed E-state index contributed by atoms with van der Waals surface area (Å²) in [4.78, 5) is 13.2. The fourth-order valence-electron chi connectivity index (χ4n) is 3.12. The van der Waals surface area contributed by atoms with Crippen LogP contribution in [-0.4, -0.2) is 27.2 Å². The Morgan fingerprint density at radius 1 is 0.862 bits per heavy atom. The van der Waals surface area contributed by atoms with Crippen LogP contribution in [0.4, 0.5) is 0 Å². The minimum atomic E-state index is -0.335. The molecule has 0 heterocycles. The molecule has 0 aliphatic carbocycles. The third kappa shape index (κ3) is 4.54. The lowest BCUT2D eigenvalue weighted by Gasteiger charge is -2.22. The van der Waals surface area contributed by atoms with E-state index in [1.165, 1.54) is 21.3 Å². The van der Waals surface area contributed by atoms with Gasteiger partial charge in [-0.15, -0.1) is 0 Å². The quantitative estimate of drug-likeness (QED) is 0.544. The second-order valence-corrected chi connectivity index (χ2v) is 7.11. The lowest BCUT2D eigenvalue weighted by atomic mass is 9.98. The van der Waals surface area contributed by atoms with Gasteiger partial charge in [-0.25, -0.2) is 0 Å². The van der Waals surface area contributed by atoms with Crippen LogP contribution in [0.3, 0.4) is 0 Å². The summed E-state index contributed by atoms with van der Waals surface area (Å²) in [5.74, 6) is 1.04. The van der Waals surface area contributed by atoms with Gasteiger partial charge >= 0.3 is 0 Å². The molecule has 0 saturated heterocycles. The Bertz CT molecular complexity index is 966. The molecule has 6 heteroatoms. The topological polar surface area (TPSA) is 56.8 Å². The maximum atomic E-state index is 13.2. The van der Waals surface area contributed by atoms with Gasteiger partial charge in [-0.2, -0.15) is 0 Å². The van der Waals surface area contributed by atoms with E-state index >= 15 is 0 Å². The smallest absolute Gasteiger partial charge is 0.252 e. The molecule has 3 rings (SSSR count). The van der Waals surface area contributed by atoms with Crippen LogP contribution >= 0.6 is 15.9 Å². The predicted molar refractivity (Wildman–Crippen MR) is 116 cm³/mol. The third-order valence-electron chi connectivity index (χ3n) is 4.55. The average Bonchev–Trinajstić information content (AvgIpc) is 2.77. The molecule has 5 nitrogen and oxygen atoms in total. The van der Waals surface area contributed by atoms with E-state index in [1.54, 1.807) is 12.1 Å². The van der Waals surface area contributed by atoms with Crippen LogP contribution in [0, 0.1) is 0 Å². The van der Waals surface area contributed by atoms with Gasteiger partial charge in [0.25, 0.3) is 5.91 Å². The number of hydrogen-bond donors (Lipinski definition) is 1. The Morgan fingerprint density at radius 2 is 1.45 bits per heavy atom. The maximum absolute atomic E-state index is 13.2. The molecule has 3 aromatic carbocycles. The highest BCUT2D eigenvalue weighted by molar-refractivity contribution is 9.10. The zero-order valence-corrected chi connectivity index (χ0v) is 18.0. The molecular formula is C23H22BrNO4. The standard InChI is InChI=1S/C23H22BrNO4/c1-27-19-13-16(14-20(28-2)22(19)29-3)23(26)25-21(15-9-5-4-6-10-15)17-11-7-8-12-18(17)24/h4-14,21H,1-3H3,(H,25,26). The Balaban J connectivity index is 2.01. The molecular weight excluding hydrogens is 434 g/mol. The van der Waals surface area contributed by atoms with Crippen molar-refractivity contribution in [3.05, 3.63) is 87.9 Å². The number of nitrogens with one attached hydrogen (secondary N) is 1. The molecule has 150 valence electrons. The van der Waals surface area contributed by atoms with Crippen molar-refractivity contribution in [2.24, 2.45) is 0 Å². The fraction of sp³-hybridized carbons (Fsp3) is 0.174. The van der Waals surface area contributed by atoms with E-state index in [2.05, 4.69) is 21.2 Å². The summed E-state index contributed by atoms with van der Waals surface area (Å²) in [6, 6.07) is 20.6. The number of rotatable bonds is 7. The lowest BCUT2D eigenvalue weighted by Crippen LogP contribution is -2.29. The number of hydrogen-bond acceptors (Lipinski definition) is 4. The first-order valence-electron chi connectivity index (χ1n) is 8.99. The van der Waals surface area contributed by atoms with Crippen LogP contribution in [0.15, 0.2) is 71.2 Å². The molecule has 1 amide bonds. The Hall–Kier alpha value is -2.99. The van der Waals surface area contributed by atoms with Crippen LogP contribution in [0.25, 0.3) is 0 Å². The normalized spacial score (nSPS) is 11.4. The zero-order chi connectivity index (χ0) is 20.8. The zero-order valence-electron chi connectivity index (χ0n) is 16.4. The van der Waals surface area contributed by atoms with E-state index in [1.807, 2.05) is 54.6 Å². The Labute approximate surface area is 178 Å².